The van der Waals surface area contributed by atoms with E-state index in [-0.39, 0.29) is 6.61 Å². The minimum Gasteiger partial charge on any atom is -0.495 e. The molecule has 0 aliphatic heterocycles. The zero-order valence-corrected chi connectivity index (χ0v) is 7.90. The lowest BCUT2D eigenvalue weighted by atomic mass is 10.2. The molecule has 1 atom stereocenters. The van der Waals surface area contributed by atoms with E-state index in [1.807, 2.05) is 18.2 Å². The van der Waals surface area contributed by atoms with Gasteiger partial charge in [0.1, 0.15) is 11.8 Å². The van der Waals surface area contributed by atoms with Crippen LogP contribution in [0.15, 0.2) is 24.3 Å². The monoisotopic (exact) mass is 192 g/mol. The number of nitrogens with one attached hydrogen (secondary N) is 1. The quantitative estimate of drug-likeness (QED) is 0.746. The first-order valence-corrected chi connectivity index (χ1v) is 4.22. The molecule has 0 radical (unpaired) electrons. The molecular formula is C10H12N2O2. The number of aliphatic hydroxyl groups excluding tert-OH is 1. The van der Waals surface area contributed by atoms with E-state index in [0.717, 1.165) is 0 Å². The van der Waals surface area contributed by atoms with E-state index in [1.165, 1.54) is 0 Å². The highest BCUT2D eigenvalue weighted by molar-refractivity contribution is 5.57. The van der Waals surface area contributed by atoms with Gasteiger partial charge in [-0.05, 0) is 12.1 Å². The van der Waals surface area contributed by atoms with Crippen molar-refractivity contribution in [2.75, 3.05) is 19.0 Å². The van der Waals surface area contributed by atoms with Gasteiger partial charge < -0.3 is 15.2 Å². The van der Waals surface area contributed by atoms with E-state index in [4.69, 9.17) is 15.1 Å². The molecule has 0 aliphatic rings. The van der Waals surface area contributed by atoms with Gasteiger partial charge in [-0.15, -0.1) is 0 Å². The SMILES string of the molecule is COc1ccccc1NC(C#N)CO. The fourth-order valence-electron chi connectivity index (χ4n) is 1.07. The summed E-state index contributed by atoms with van der Waals surface area (Å²) < 4.78 is 5.08. The van der Waals surface area contributed by atoms with Crippen LogP contribution in [0.3, 0.4) is 0 Å². The van der Waals surface area contributed by atoms with Crippen LogP contribution in [-0.4, -0.2) is 24.9 Å². The Bertz CT molecular complexity index is 333. The third-order valence-corrected chi connectivity index (χ3v) is 1.78. The minimum absolute atomic E-state index is 0.228. The summed E-state index contributed by atoms with van der Waals surface area (Å²) in [5.74, 6) is 0.654. The van der Waals surface area contributed by atoms with Gasteiger partial charge in [0.2, 0.25) is 0 Å². The Balaban J connectivity index is 2.80. The zero-order chi connectivity index (χ0) is 10.4. The van der Waals surface area contributed by atoms with Gasteiger partial charge in [0.15, 0.2) is 0 Å². The van der Waals surface area contributed by atoms with Crippen LogP contribution in [0.2, 0.25) is 0 Å². The first-order chi connectivity index (χ1) is 6.81. The molecule has 0 saturated heterocycles. The molecule has 0 aromatic heterocycles. The second-order valence-electron chi connectivity index (χ2n) is 2.71. The van der Waals surface area contributed by atoms with Crippen molar-refractivity contribution in [1.29, 1.82) is 5.26 Å². The maximum absolute atomic E-state index is 8.83. The Morgan fingerprint density at radius 2 is 2.29 bits per heavy atom. The average Bonchev–Trinajstić information content (AvgIpc) is 2.26. The van der Waals surface area contributed by atoms with Crippen LogP contribution in [0.4, 0.5) is 5.69 Å². The highest BCUT2D eigenvalue weighted by atomic mass is 16.5. The molecule has 4 nitrogen and oxygen atoms in total. The molecule has 14 heavy (non-hydrogen) atoms. The van der Waals surface area contributed by atoms with Crippen LogP contribution in [0.5, 0.6) is 5.75 Å². The molecule has 0 amide bonds. The molecule has 0 bridgehead atoms. The number of anilines is 1. The second kappa shape index (κ2) is 5.10. The average molecular weight is 192 g/mol. The molecule has 1 rings (SSSR count). The Kier molecular flexibility index (Phi) is 3.77. The lowest BCUT2D eigenvalue weighted by Crippen LogP contribution is -2.21. The van der Waals surface area contributed by atoms with Gasteiger partial charge in [-0.1, -0.05) is 12.1 Å². The van der Waals surface area contributed by atoms with E-state index in [2.05, 4.69) is 5.32 Å². The smallest absolute Gasteiger partial charge is 0.141 e. The van der Waals surface area contributed by atoms with Gasteiger partial charge in [-0.25, -0.2) is 0 Å². The van der Waals surface area contributed by atoms with Crippen molar-refractivity contribution in [3.8, 4) is 11.8 Å². The highest BCUT2D eigenvalue weighted by Gasteiger charge is 2.07. The summed E-state index contributed by atoms with van der Waals surface area (Å²) in [5.41, 5.74) is 0.704. The Labute approximate surface area is 82.7 Å². The first kappa shape index (κ1) is 10.4. The molecule has 0 aliphatic carbocycles. The Hall–Kier alpha value is -1.73. The summed E-state index contributed by atoms with van der Waals surface area (Å²) in [6.45, 7) is -0.228. The van der Waals surface area contributed by atoms with Crippen molar-refractivity contribution >= 4 is 5.69 Å². The van der Waals surface area contributed by atoms with Crippen LogP contribution < -0.4 is 10.1 Å². The molecule has 0 saturated carbocycles. The van der Waals surface area contributed by atoms with Crippen molar-refractivity contribution in [1.82, 2.24) is 0 Å². The molecule has 1 aromatic carbocycles. The molecule has 0 heterocycles. The standard InChI is InChI=1S/C10H12N2O2/c1-14-10-5-3-2-4-9(10)12-8(6-11)7-13/h2-5,8,12-13H,7H2,1H3. The van der Waals surface area contributed by atoms with Crippen LogP contribution in [-0.2, 0) is 0 Å². The number of methoxy groups -OCH3 is 1. The number of benzene rings is 1. The predicted molar refractivity (Wildman–Crippen MR) is 53.1 cm³/mol. The molecule has 4 heteroatoms. The van der Waals surface area contributed by atoms with Crippen LogP contribution in [0.25, 0.3) is 0 Å². The zero-order valence-electron chi connectivity index (χ0n) is 7.90. The minimum atomic E-state index is -0.605. The summed E-state index contributed by atoms with van der Waals surface area (Å²) in [5, 5.41) is 20.3. The van der Waals surface area contributed by atoms with Crippen molar-refractivity contribution in [2.45, 2.75) is 6.04 Å². The topological polar surface area (TPSA) is 65.3 Å². The summed E-state index contributed by atoms with van der Waals surface area (Å²) in [7, 11) is 1.56. The number of rotatable bonds is 4. The van der Waals surface area contributed by atoms with Gasteiger partial charge >= 0.3 is 0 Å². The van der Waals surface area contributed by atoms with E-state index in [9.17, 15) is 0 Å². The molecule has 0 spiro atoms. The van der Waals surface area contributed by atoms with E-state index < -0.39 is 6.04 Å². The van der Waals surface area contributed by atoms with Crippen LogP contribution >= 0.6 is 0 Å². The van der Waals surface area contributed by atoms with Gasteiger partial charge in [0.05, 0.1) is 25.5 Å². The van der Waals surface area contributed by atoms with E-state index in [1.54, 1.807) is 19.2 Å². The fourth-order valence-corrected chi connectivity index (χ4v) is 1.07. The van der Waals surface area contributed by atoms with E-state index >= 15 is 0 Å². The third-order valence-electron chi connectivity index (χ3n) is 1.78. The lowest BCUT2D eigenvalue weighted by molar-refractivity contribution is 0.292. The molecular weight excluding hydrogens is 180 g/mol. The maximum atomic E-state index is 8.83. The Morgan fingerprint density at radius 3 is 2.86 bits per heavy atom. The Morgan fingerprint density at radius 1 is 1.57 bits per heavy atom. The molecule has 1 aromatic rings. The van der Waals surface area contributed by atoms with Crippen LogP contribution in [0, 0.1) is 11.3 Å². The normalized spacial score (nSPS) is 11.5. The number of hydrogen-bond donors (Lipinski definition) is 2. The number of hydrogen-bond acceptors (Lipinski definition) is 4. The third kappa shape index (κ3) is 2.38. The first-order valence-electron chi connectivity index (χ1n) is 4.22. The summed E-state index contributed by atoms with van der Waals surface area (Å²) >= 11 is 0. The number of para-hydroxylation sites is 2. The summed E-state index contributed by atoms with van der Waals surface area (Å²) in [6, 6.07) is 8.57. The van der Waals surface area contributed by atoms with Gasteiger partial charge in [0, 0.05) is 0 Å². The van der Waals surface area contributed by atoms with Crippen molar-refractivity contribution in [2.24, 2.45) is 0 Å². The van der Waals surface area contributed by atoms with Gasteiger partial charge in [0.25, 0.3) is 0 Å². The van der Waals surface area contributed by atoms with Crippen LogP contribution in [0.1, 0.15) is 0 Å². The summed E-state index contributed by atoms with van der Waals surface area (Å²) in [4.78, 5) is 0. The van der Waals surface area contributed by atoms with E-state index in [0.29, 0.717) is 11.4 Å². The molecule has 1 unspecified atom stereocenters. The fraction of sp³-hybridized carbons (Fsp3) is 0.300. The van der Waals surface area contributed by atoms with Gasteiger partial charge in [-0.2, -0.15) is 5.26 Å². The van der Waals surface area contributed by atoms with Crippen molar-refractivity contribution in [3.63, 3.8) is 0 Å². The summed E-state index contributed by atoms with van der Waals surface area (Å²) in [6.07, 6.45) is 0. The lowest BCUT2D eigenvalue weighted by Gasteiger charge is -2.13. The largest absolute Gasteiger partial charge is 0.495 e. The number of nitriles is 1. The highest BCUT2D eigenvalue weighted by Crippen LogP contribution is 2.23. The molecule has 74 valence electrons. The molecule has 2 N–H and O–H groups in total. The maximum Gasteiger partial charge on any atom is 0.141 e. The number of aliphatic hydroxyl groups is 1. The van der Waals surface area contributed by atoms with Gasteiger partial charge in [-0.3, -0.25) is 0 Å². The van der Waals surface area contributed by atoms with Crippen molar-refractivity contribution in [3.05, 3.63) is 24.3 Å². The van der Waals surface area contributed by atoms with Crippen molar-refractivity contribution < 1.29 is 9.84 Å². The molecule has 0 fully saturated rings. The number of ether oxygens (including phenoxy) is 1. The predicted octanol–water partition coefficient (Wildman–Crippen LogP) is 0.992. The number of nitrogens with zero attached hydrogens (tertiary/aromatic N) is 1. The second-order valence-corrected chi connectivity index (χ2v) is 2.71.